The van der Waals surface area contributed by atoms with Gasteiger partial charge in [-0.15, -0.1) is 0 Å². The molecule has 4 rings (SSSR count). The van der Waals surface area contributed by atoms with Crippen molar-refractivity contribution in [1.29, 1.82) is 0 Å². The predicted octanol–water partition coefficient (Wildman–Crippen LogP) is 4.03. The molecule has 0 saturated carbocycles. The summed E-state index contributed by atoms with van der Waals surface area (Å²) >= 11 is 0. The van der Waals surface area contributed by atoms with Crippen molar-refractivity contribution in [3.05, 3.63) is 64.2 Å². The van der Waals surface area contributed by atoms with E-state index in [9.17, 15) is 14.8 Å². The summed E-state index contributed by atoms with van der Waals surface area (Å²) in [5.41, 5.74) is 2.94. The second-order valence-electron chi connectivity index (χ2n) is 6.22. The SMILES string of the molecule is C.Cn1cc(C(C(=O)O)c2ccc3c(c2)OCO3)c2ccc(CN=O)cc21. The molecule has 3 aromatic rings. The summed E-state index contributed by atoms with van der Waals surface area (Å²) < 4.78 is 12.5. The van der Waals surface area contributed by atoms with Crippen molar-refractivity contribution in [3.63, 3.8) is 0 Å². The summed E-state index contributed by atoms with van der Waals surface area (Å²) in [4.78, 5) is 22.6. The molecule has 0 spiro atoms. The molecule has 1 aliphatic heterocycles. The minimum Gasteiger partial charge on any atom is -0.481 e. The number of fused-ring (bicyclic) bond motifs is 2. The molecule has 1 unspecified atom stereocenters. The van der Waals surface area contributed by atoms with Crippen LogP contribution in [-0.4, -0.2) is 22.4 Å². The van der Waals surface area contributed by atoms with Gasteiger partial charge in [0, 0.05) is 24.1 Å². The molecule has 27 heavy (non-hydrogen) atoms. The highest BCUT2D eigenvalue weighted by molar-refractivity contribution is 5.92. The third-order valence-electron chi connectivity index (χ3n) is 4.62. The highest BCUT2D eigenvalue weighted by Crippen LogP contribution is 2.38. The van der Waals surface area contributed by atoms with E-state index in [1.807, 2.05) is 29.9 Å². The maximum Gasteiger partial charge on any atom is 0.315 e. The van der Waals surface area contributed by atoms with Crippen LogP contribution in [0, 0.1) is 4.91 Å². The lowest BCUT2D eigenvalue weighted by molar-refractivity contribution is -0.137. The Morgan fingerprint density at radius 2 is 2.00 bits per heavy atom. The second kappa shape index (κ2) is 7.11. The first-order valence-corrected chi connectivity index (χ1v) is 8.08. The zero-order valence-electron chi connectivity index (χ0n) is 14.0. The summed E-state index contributed by atoms with van der Waals surface area (Å²) in [6.07, 6.45) is 1.81. The normalized spacial score (nSPS) is 13.2. The van der Waals surface area contributed by atoms with Crippen LogP contribution in [0.5, 0.6) is 11.5 Å². The van der Waals surface area contributed by atoms with Gasteiger partial charge in [0.25, 0.3) is 0 Å². The molecule has 2 aromatic carbocycles. The Hall–Kier alpha value is -3.35. The van der Waals surface area contributed by atoms with Gasteiger partial charge in [-0.25, -0.2) is 0 Å². The van der Waals surface area contributed by atoms with Crippen LogP contribution in [0.4, 0.5) is 0 Å². The van der Waals surface area contributed by atoms with Crippen molar-refractivity contribution in [3.8, 4) is 11.5 Å². The summed E-state index contributed by atoms with van der Waals surface area (Å²) in [7, 11) is 1.85. The Bertz CT molecular complexity index is 1020. The summed E-state index contributed by atoms with van der Waals surface area (Å²) in [5.74, 6) is -0.631. The van der Waals surface area contributed by atoms with Gasteiger partial charge < -0.3 is 19.1 Å². The van der Waals surface area contributed by atoms with Crippen LogP contribution >= 0.6 is 0 Å². The number of hydrogen-bond donors (Lipinski definition) is 1. The topological polar surface area (TPSA) is 90.1 Å². The molecule has 0 aliphatic carbocycles. The molecular weight excluding hydrogens is 348 g/mol. The quantitative estimate of drug-likeness (QED) is 0.687. The van der Waals surface area contributed by atoms with Crippen molar-refractivity contribution in [2.24, 2.45) is 12.2 Å². The molecule has 1 aliphatic rings. The first-order chi connectivity index (χ1) is 12.6. The fraction of sp³-hybridized carbons (Fsp3) is 0.250. The molecule has 1 aromatic heterocycles. The lowest BCUT2D eigenvalue weighted by Gasteiger charge is -2.13. The number of aromatic nitrogens is 1. The van der Waals surface area contributed by atoms with E-state index < -0.39 is 11.9 Å². The number of nitrogens with zero attached hydrogens (tertiary/aromatic N) is 2. The van der Waals surface area contributed by atoms with E-state index in [1.54, 1.807) is 24.3 Å². The van der Waals surface area contributed by atoms with E-state index in [4.69, 9.17) is 9.47 Å². The maximum atomic E-state index is 12.1. The highest BCUT2D eigenvalue weighted by atomic mass is 16.7. The standard InChI is InChI=1S/C19H16N2O5.CH4/c1-21-9-14(13-4-2-11(8-20-24)6-15(13)21)18(19(22)23)12-3-5-16-17(7-12)26-10-25-16;/h2-7,9,18H,8,10H2,1H3,(H,22,23);1H4. The van der Waals surface area contributed by atoms with Gasteiger partial charge in [-0.2, -0.15) is 4.91 Å². The smallest absolute Gasteiger partial charge is 0.315 e. The Morgan fingerprint density at radius 1 is 1.22 bits per heavy atom. The van der Waals surface area contributed by atoms with Crippen LogP contribution in [0.2, 0.25) is 0 Å². The van der Waals surface area contributed by atoms with Crippen LogP contribution in [0.25, 0.3) is 10.9 Å². The van der Waals surface area contributed by atoms with E-state index in [-0.39, 0.29) is 20.8 Å². The Kier molecular flexibility index (Phi) is 4.85. The van der Waals surface area contributed by atoms with Gasteiger partial charge in [0.05, 0.1) is 0 Å². The molecule has 2 heterocycles. The van der Waals surface area contributed by atoms with Crippen molar-refractivity contribution >= 4 is 16.9 Å². The van der Waals surface area contributed by atoms with Gasteiger partial charge in [-0.05, 0) is 34.9 Å². The minimum atomic E-state index is -0.949. The van der Waals surface area contributed by atoms with Gasteiger partial charge in [-0.1, -0.05) is 30.8 Å². The van der Waals surface area contributed by atoms with E-state index in [2.05, 4.69) is 5.18 Å². The number of carbonyl (C=O) groups is 1. The molecule has 7 nitrogen and oxygen atoms in total. The van der Waals surface area contributed by atoms with Crippen LogP contribution in [0.3, 0.4) is 0 Å². The Morgan fingerprint density at radius 3 is 2.74 bits per heavy atom. The van der Waals surface area contributed by atoms with Crippen molar-refractivity contribution in [2.45, 2.75) is 19.9 Å². The van der Waals surface area contributed by atoms with Gasteiger partial charge in [-0.3, -0.25) is 4.79 Å². The monoisotopic (exact) mass is 368 g/mol. The second-order valence-corrected chi connectivity index (χ2v) is 6.22. The van der Waals surface area contributed by atoms with Gasteiger partial charge in [0.2, 0.25) is 6.79 Å². The largest absolute Gasteiger partial charge is 0.481 e. The third-order valence-corrected chi connectivity index (χ3v) is 4.62. The maximum absolute atomic E-state index is 12.1. The van der Waals surface area contributed by atoms with Crippen molar-refractivity contribution in [1.82, 2.24) is 4.57 Å². The number of benzene rings is 2. The predicted molar refractivity (Wildman–Crippen MR) is 101 cm³/mol. The van der Waals surface area contributed by atoms with Crippen LogP contribution in [0.15, 0.2) is 47.8 Å². The lowest BCUT2D eigenvalue weighted by atomic mass is 9.90. The molecule has 1 N–H and O–H groups in total. The number of aryl methyl sites for hydroxylation is 1. The first-order valence-electron chi connectivity index (χ1n) is 8.08. The van der Waals surface area contributed by atoms with E-state index >= 15 is 0 Å². The fourth-order valence-electron chi connectivity index (χ4n) is 3.41. The van der Waals surface area contributed by atoms with E-state index in [0.717, 1.165) is 16.5 Å². The Labute approximate surface area is 156 Å². The first kappa shape index (κ1) is 18.4. The minimum absolute atomic E-state index is 0. The number of nitroso groups, excluding NO2 is 1. The summed E-state index contributed by atoms with van der Waals surface area (Å²) in [5, 5.41) is 13.6. The number of aliphatic carboxylic acids is 1. The summed E-state index contributed by atoms with van der Waals surface area (Å²) in [6, 6.07) is 10.7. The lowest BCUT2D eigenvalue weighted by Crippen LogP contribution is -2.12. The Balaban J connectivity index is 0.00000210. The average molecular weight is 368 g/mol. The highest BCUT2D eigenvalue weighted by Gasteiger charge is 2.28. The number of carboxylic acids is 1. The van der Waals surface area contributed by atoms with Gasteiger partial charge in [0.15, 0.2) is 11.5 Å². The molecule has 0 radical (unpaired) electrons. The number of rotatable bonds is 5. The molecule has 140 valence electrons. The molecule has 0 amide bonds. The van der Waals surface area contributed by atoms with Crippen molar-refractivity contribution < 1.29 is 19.4 Å². The summed E-state index contributed by atoms with van der Waals surface area (Å²) in [6.45, 7) is 0.222. The van der Waals surface area contributed by atoms with Crippen LogP contribution in [0.1, 0.15) is 30.0 Å². The molecule has 0 saturated heterocycles. The molecule has 0 fully saturated rings. The molecule has 0 bridgehead atoms. The van der Waals surface area contributed by atoms with Gasteiger partial charge >= 0.3 is 5.97 Å². The van der Waals surface area contributed by atoms with Gasteiger partial charge in [0.1, 0.15) is 12.5 Å². The van der Waals surface area contributed by atoms with E-state index in [1.165, 1.54) is 0 Å². The fourth-order valence-corrected chi connectivity index (χ4v) is 3.41. The van der Waals surface area contributed by atoms with Crippen molar-refractivity contribution in [2.75, 3.05) is 6.79 Å². The molecule has 1 atom stereocenters. The molecule has 7 heteroatoms. The van der Waals surface area contributed by atoms with Crippen LogP contribution < -0.4 is 9.47 Å². The zero-order chi connectivity index (χ0) is 18.3. The number of hydrogen-bond acceptors (Lipinski definition) is 5. The third kappa shape index (κ3) is 3.12. The number of ether oxygens (including phenoxy) is 2. The number of carboxylic acid groups (broad SMARTS) is 1. The van der Waals surface area contributed by atoms with Crippen LogP contribution in [-0.2, 0) is 18.4 Å². The molecular formula is C20H20N2O5. The average Bonchev–Trinajstić information content (AvgIpc) is 3.20. The zero-order valence-corrected chi connectivity index (χ0v) is 14.0. The van der Waals surface area contributed by atoms with E-state index in [0.29, 0.717) is 22.6 Å².